The van der Waals surface area contributed by atoms with Crippen molar-refractivity contribution >= 4 is 29.1 Å². The molecule has 2 bridgehead atoms. The van der Waals surface area contributed by atoms with E-state index in [1.807, 2.05) is 42.5 Å². The first-order valence-corrected chi connectivity index (χ1v) is 14.1. The van der Waals surface area contributed by atoms with E-state index in [1.165, 1.54) is 4.90 Å². The number of imide groups is 1. The summed E-state index contributed by atoms with van der Waals surface area (Å²) in [6.45, 7) is 4.14. The Bertz CT molecular complexity index is 1570. The van der Waals surface area contributed by atoms with Gasteiger partial charge in [0.25, 0.3) is 5.91 Å². The number of rotatable bonds is 5. The highest BCUT2D eigenvalue weighted by molar-refractivity contribution is 6.23. The Labute approximate surface area is 233 Å². The fourth-order valence-corrected chi connectivity index (χ4v) is 7.31. The van der Waals surface area contributed by atoms with E-state index < -0.39 is 11.8 Å². The maximum atomic E-state index is 14.1. The third kappa shape index (κ3) is 3.43. The van der Waals surface area contributed by atoms with Gasteiger partial charge in [-0.25, -0.2) is 4.90 Å². The normalized spacial score (nSPS) is 22.1. The van der Waals surface area contributed by atoms with Crippen LogP contribution in [-0.2, 0) is 22.4 Å². The molecule has 3 amide bonds. The number of anilines is 2. The van der Waals surface area contributed by atoms with Crippen LogP contribution in [0.15, 0.2) is 91.0 Å². The van der Waals surface area contributed by atoms with Crippen molar-refractivity contribution < 1.29 is 14.4 Å². The van der Waals surface area contributed by atoms with Crippen LogP contribution in [0.2, 0.25) is 0 Å². The van der Waals surface area contributed by atoms with Crippen LogP contribution in [0.25, 0.3) is 0 Å². The van der Waals surface area contributed by atoms with Gasteiger partial charge >= 0.3 is 0 Å². The Morgan fingerprint density at radius 2 is 1.15 bits per heavy atom. The average Bonchev–Trinajstić information content (AvgIpc) is 3.27. The van der Waals surface area contributed by atoms with Crippen molar-refractivity contribution in [1.29, 1.82) is 0 Å². The molecule has 4 aliphatic rings. The minimum absolute atomic E-state index is 0.159. The van der Waals surface area contributed by atoms with E-state index >= 15 is 0 Å². The number of hydrogen-bond acceptors (Lipinski definition) is 3. The fraction of sp³-hybridized carbons (Fsp3) is 0.229. The highest BCUT2D eigenvalue weighted by atomic mass is 16.2. The van der Waals surface area contributed by atoms with E-state index in [0.717, 1.165) is 51.9 Å². The summed E-state index contributed by atoms with van der Waals surface area (Å²) in [4.78, 5) is 43.0. The van der Waals surface area contributed by atoms with Crippen LogP contribution >= 0.6 is 0 Å². The number of carbonyl (C=O) groups excluding carboxylic acids is 3. The summed E-state index contributed by atoms with van der Waals surface area (Å²) in [5.74, 6) is -1.85. The van der Waals surface area contributed by atoms with Crippen LogP contribution in [0, 0.1) is 11.8 Å². The number of hydrogen-bond donors (Lipinski definition) is 1. The average molecular weight is 527 g/mol. The number of aryl methyl sites for hydroxylation is 2. The molecule has 1 N–H and O–H groups in total. The Balaban J connectivity index is 1.25. The summed E-state index contributed by atoms with van der Waals surface area (Å²) in [5, 5.41) is 3.11. The van der Waals surface area contributed by atoms with Crippen molar-refractivity contribution in [1.82, 2.24) is 0 Å². The summed E-state index contributed by atoms with van der Waals surface area (Å²) in [7, 11) is 0. The Kier molecular flexibility index (Phi) is 5.70. The maximum Gasteiger partial charge on any atom is 0.255 e. The second kappa shape index (κ2) is 9.30. The molecule has 5 heteroatoms. The molecule has 0 unspecified atom stereocenters. The fourth-order valence-electron chi connectivity index (χ4n) is 7.31. The number of carbonyl (C=O) groups is 3. The van der Waals surface area contributed by atoms with E-state index in [0.29, 0.717) is 11.3 Å². The highest BCUT2D eigenvalue weighted by Crippen LogP contribution is 2.61. The lowest BCUT2D eigenvalue weighted by atomic mass is 9.55. The van der Waals surface area contributed by atoms with Gasteiger partial charge in [-0.15, -0.1) is 0 Å². The standard InChI is InChI=1S/C35H30N2O3/c1-3-20-11-9-12-21(4-2)32(20)36-33(38)22-13-10-14-23(19-22)37-34(39)30-28-24-15-5-6-16-25(24)29(31(30)35(37)40)27-18-8-7-17-26(27)28/h5-19,28-31H,3-4H2,1-2H3,(H,36,38)/t28?,29?,30-,31-/m0/s1. The van der Waals surface area contributed by atoms with Crippen molar-refractivity contribution in [3.8, 4) is 0 Å². The van der Waals surface area contributed by atoms with E-state index in [1.54, 1.807) is 24.3 Å². The second-order valence-electron chi connectivity index (χ2n) is 10.9. The molecule has 0 radical (unpaired) electrons. The third-order valence-corrected chi connectivity index (χ3v) is 9.05. The van der Waals surface area contributed by atoms with E-state index in [2.05, 4.69) is 43.4 Å². The molecular weight excluding hydrogens is 496 g/mol. The molecule has 4 aromatic carbocycles. The zero-order chi connectivity index (χ0) is 27.5. The molecule has 1 fully saturated rings. The Morgan fingerprint density at radius 1 is 0.675 bits per heavy atom. The van der Waals surface area contributed by atoms with Gasteiger partial charge in [-0.05, 0) is 64.4 Å². The van der Waals surface area contributed by atoms with Crippen molar-refractivity contribution in [2.45, 2.75) is 38.5 Å². The number of para-hydroxylation sites is 1. The largest absolute Gasteiger partial charge is 0.321 e. The summed E-state index contributed by atoms with van der Waals surface area (Å²) in [5.41, 5.74) is 8.43. The molecule has 40 heavy (non-hydrogen) atoms. The SMILES string of the molecule is CCc1cccc(CC)c1NC(=O)c1cccc(N2C(=O)[C@H]3C4c5ccccc5C(c5ccccc54)[C@@H]3C2=O)c1. The Hall–Kier alpha value is -4.51. The molecule has 1 heterocycles. The van der Waals surface area contributed by atoms with Gasteiger partial charge < -0.3 is 5.32 Å². The number of amides is 3. The van der Waals surface area contributed by atoms with Gasteiger partial charge in [0.15, 0.2) is 0 Å². The van der Waals surface area contributed by atoms with Crippen LogP contribution in [-0.4, -0.2) is 17.7 Å². The van der Waals surface area contributed by atoms with E-state index in [-0.39, 0.29) is 29.6 Å². The predicted molar refractivity (Wildman–Crippen MR) is 156 cm³/mol. The molecule has 0 spiro atoms. The molecule has 4 aromatic rings. The van der Waals surface area contributed by atoms with Crippen molar-refractivity contribution in [2.24, 2.45) is 11.8 Å². The van der Waals surface area contributed by atoms with Crippen molar-refractivity contribution in [3.63, 3.8) is 0 Å². The minimum atomic E-state index is -0.455. The molecule has 1 aliphatic heterocycles. The summed E-state index contributed by atoms with van der Waals surface area (Å²) in [6.07, 6.45) is 1.60. The van der Waals surface area contributed by atoms with Crippen molar-refractivity contribution in [3.05, 3.63) is 130 Å². The van der Waals surface area contributed by atoms with Gasteiger partial charge in [-0.1, -0.05) is 86.6 Å². The van der Waals surface area contributed by atoms with Gasteiger partial charge in [-0.3, -0.25) is 14.4 Å². The number of nitrogens with zero attached hydrogens (tertiary/aromatic N) is 1. The monoisotopic (exact) mass is 526 g/mol. The number of nitrogens with one attached hydrogen (secondary N) is 1. The van der Waals surface area contributed by atoms with Gasteiger partial charge in [0.1, 0.15) is 0 Å². The molecule has 2 atom stereocenters. The van der Waals surface area contributed by atoms with Gasteiger partial charge in [0.2, 0.25) is 11.8 Å². The summed E-state index contributed by atoms with van der Waals surface area (Å²) in [6, 6.07) is 29.4. The van der Waals surface area contributed by atoms with Crippen LogP contribution in [0.4, 0.5) is 11.4 Å². The zero-order valence-electron chi connectivity index (χ0n) is 22.6. The lowest BCUT2D eigenvalue weighted by molar-refractivity contribution is -0.122. The van der Waals surface area contributed by atoms with Crippen molar-refractivity contribution in [2.75, 3.05) is 10.2 Å². The first kappa shape index (κ1) is 24.5. The van der Waals surface area contributed by atoms with Crippen LogP contribution in [0.3, 0.4) is 0 Å². The molecule has 5 nitrogen and oxygen atoms in total. The second-order valence-corrected chi connectivity index (χ2v) is 10.9. The molecule has 3 aliphatic carbocycles. The first-order chi connectivity index (χ1) is 19.5. The minimum Gasteiger partial charge on any atom is -0.321 e. The number of benzene rings is 4. The molecular formula is C35H30N2O3. The lowest BCUT2D eigenvalue weighted by Crippen LogP contribution is -2.41. The van der Waals surface area contributed by atoms with Gasteiger partial charge in [0.05, 0.1) is 17.5 Å². The van der Waals surface area contributed by atoms with Crippen LogP contribution in [0.5, 0.6) is 0 Å². The highest BCUT2D eigenvalue weighted by Gasteiger charge is 2.61. The van der Waals surface area contributed by atoms with Crippen LogP contribution < -0.4 is 10.2 Å². The van der Waals surface area contributed by atoms with Crippen LogP contribution in [0.1, 0.15) is 69.4 Å². The van der Waals surface area contributed by atoms with E-state index in [4.69, 9.17) is 0 Å². The quantitative estimate of drug-likeness (QED) is 0.304. The summed E-state index contributed by atoms with van der Waals surface area (Å²) < 4.78 is 0. The van der Waals surface area contributed by atoms with Gasteiger partial charge in [0, 0.05) is 23.1 Å². The predicted octanol–water partition coefficient (Wildman–Crippen LogP) is 6.46. The maximum absolute atomic E-state index is 14.1. The topological polar surface area (TPSA) is 66.5 Å². The molecule has 0 saturated carbocycles. The molecule has 198 valence electrons. The van der Waals surface area contributed by atoms with Gasteiger partial charge in [-0.2, -0.15) is 0 Å². The lowest BCUT2D eigenvalue weighted by Gasteiger charge is -2.45. The molecule has 1 saturated heterocycles. The third-order valence-electron chi connectivity index (χ3n) is 9.05. The zero-order valence-corrected chi connectivity index (χ0v) is 22.6. The summed E-state index contributed by atoms with van der Waals surface area (Å²) >= 11 is 0. The molecule has 8 rings (SSSR count). The Morgan fingerprint density at radius 3 is 1.62 bits per heavy atom. The first-order valence-electron chi connectivity index (χ1n) is 14.1. The molecule has 0 aromatic heterocycles. The van der Waals surface area contributed by atoms with E-state index in [9.17, 15) is 14.4 Å². The smallest absolute Gasteiger partial charge is 0.255 e.